The highest BCUT2D eigenvalue weighted by molar-refractivity contribution is 5.91. The lowest BCUT2D eigenvalue weighted by Crippen LogP contribution is -2.62. The summed E-state index contributed by atoms with van der Waals surface area (Å²) in [4.78, 5) is 38.1. The first-order valence-electron chi connectivity index (χ1n) is 13.7. The van der Waals surface area contributed by atoms with Crippen molar-refractivity contribution in [2.24, 2.45) is 46.3 Å². The van der Waals surface area contributed by atoms with Gasteiger partial charge in [-0.05, 0) is 86.0 Å². The molecule has 1 aliphatic heterocycles. The van der Waals surface area contributed by atoms with E-state index in [4.69, 9.17) is 9.47 Å². The zero-order valence-corrected chi connectivity index (χ0v) is 21.6. The van der Waals surface area contributed by atoms with Crippen LogP contribution in [-0.2, 0) is 23.9 Å². The van der Waals surface area contributed by atoms with Crippen LogP contribution in [0.3, 0.4) is 0 Å². The number of carbonyl (C=O) groups excluding carboxylic acids is 3. The molecular weight excluding hydrogens is 428 g/mol. The zero-order valence-electron chi connectivity index (χ0n) is 21.6. The van der Waals surface area contributed by atoms with E-state index in [2.05, 4.69) is 27.7 Å². The lowest BCUT2D eigenvalue weighted by atomic mass is 9.45. The van der Waals surface area contributed by atoms with Crippen LogP contribution < -0.4 is 0 Å². The Morgan fingerprint density at radius 3 is 2.65 bits per heavy atom. The molecule has 34 heavy (non-hydrogen) atoms. The van der Waals surface area contributed by atoms with Gasteiger partial charge in [0.15, 0.2) is 5.78 Å². The van der Waals surface area contributed by atoms with Crippen LogP contribution in [0.25, 0.3) is 0 Å². The number of carbonyl (C=O) groups is 3. The van der Waals surface area contributed by atoms with Gasteiger partial charge in [-0.3, -0.25) is 14.4 Å². The molecule has 5 nitrogen and oxygen atoms in total. The molecule has 0 aromatic carbocycles. The van der Waals surface area contributed by atoms with E-state index in [1.807, 2.05) is 6.08 Å². The largest absolute Gasteiger partial charge is 0.435 e. The van der Waals surface area contributed by atoms with Crippen LogP contribution >= 0.6 is 0 Å². The van der Waals surface area contributed by atoms with Crippen molar-refractivity contribution in [2.45, 2.75) is 105 Å². The topological polar surface area (TPSA) is 69.7 Å². The van der Waals surface area contributed by atoms with Gasteiger partial charge in [0.1, 0.15) is 5.78 Å². The van der Waals surface area contributed by atoms with Crippen LogP contribution in [0.1, 0.15) is 92.4 Å². The third-order valence-electron chi connectivity index (χ3n) is 10.6. The first kappa shape index (κ1) is 24.2. The van der Waals surface area contributed by atoms with Crippen LogP contribution in [0.4, 0.5) is 0 Å². The summed E-state index contributed by atoms with van der Waals surface area (Å²) >= 11 is 0. The van der Waals surface area contributed by atoms with Crippen LogP contribution in [0.15, 0.2) is 11.6 Å². The molecule has 6 unspecified atom stereocenters. The van der Waals surface area contributed by atoms with Crippen molar-refractivity contribution in [2.75, 3.05) is 0 Å². The van der Waals surface area contributed by atoms with E-state index >= 15 is 0 Å². The van der Waals surface area contributed by atoms with Crippen molar-refractivity contribution in [1.29, 1.82) is 0 Å². The van der Waals surface area contributed by atoms with Crippen molar-refractivity contribution in [3.05, 3.63) is 11.6 Å². The van der Waals surface area contributed by atoms with Crippen molar-refractivity contribution in [3.8, 4) is 0 Å². The third kappa shape index (κ3) is 3.55. The molecule has 188 valence electrons. The number of ketones is 2. The minimum absolute atomic E-state index is 0.0504. The maximum absolute atomic E-state index is 13.7. The fraction of sp³-hybridized carbons (Fsp3) is 0.828. The van der Waals surface area contributed by atoms with Gasteiger partial charge < -0.3 is 9.47 Å². The molecule has 3 saturated carbocycles. The number of rotatable bonds is 4. The van der Waals surface area contributed by atoms with Gasteiger partial charge in [-0.1, -0.05) is 33.3 Å². The summed E-state index contributed by atoms with van der Waals surface area (Å²) < 4.78 is 12.6. The minimum Gasteiger partial charge on any atom is -0.435 e. The Bertz CT molecular complexity index is 904. The SMILES string of the molecule is CC(=O)O[C@@H]1O[C@H](CCC(C)C)[C@@H](C)C2C(=O)CC3C4CCC5=CC(=O)CCC5(C)C4CCC321. The van der Waals surface area contributed by atoms with Gasteiger partial charge in [-0.2, -0.15) is 0 Å². The fourth-order valence-electron chi connectivity index (χ4n) is 9.09. The van der Waals surface area contributed by atoms with E-state index in [9.17, 15) is 14.4 Å². The zero-order chi connectivity index (χ0) is 24.4. The molecule has 0 amide bonds. The molecule has 5 heteroatoms. The maximum Gasteiger partial charge on any atom is 0.304 e. The quantitative estimate of drug-likeness (QED) is 0.496. The number of Topliss-reactive ketones (excluding diaryl/α,β-unsaturated/α-hetero) is 1. The summed E-state index contributed by atoms with van der Waals surface area (Å²) in [5.41, 5.74) is 0.984. The van der Waals surface area contributed by atoms with Gasteiger partial charge in [-0.25, -0.2) is 0 Å². The molecule has 1 heterocycles. The predicted molar refractivity (Wildman–Crippen MR) is 129 cm³/mol. The molecule has 5 aliphatic rings. The standard InChI is InChI=1S/C29H42O5/c1-16(2)6-9-25-17(3)26-24(32)15-23-21-8-7-19-14-20(31)10-12-28(19,5)22(21)11-13-29(23,26)27(34-25)33-18(4)30/h14,16-17,21-23,25-27H,6-13,15H2,1-5H3/t17-,21?,22?,23?,25-,26?,27-,28?,29?/m1/s1. The van der Waals surface area contributed by atoms with Gasteiger partial charge >= 0.3 is 5.97 Å². The van der Waals surface area contributed by atoms with E-state index in [1.165, 1.54) is 12.5 Å². The Kier molecular flexibility index (Phi) is 6.10. The second-order valence-electron chi connectivity index (χ2n) is 12.7. The Morgan fingerprint density at radius 1 is 1.18 bits per heavy atom. The van der Waals surface area contributed by atoms with Crippen LogP contribution in [0.2, 0.25) is 0 Å². The molecule has 5 rings (SSSR count). The lowest BCUT2D eigenvalue weighted by molar-refractivity contribution is -0.299. The summed E-state index contributed by atoms with van der Waals surface area (Å²) in [6.45, 7) is 10.4. The highest BCUT2D eigenvalue weighted by Crippen LogP contribution is 2.69. The number of fused-ring (bicyclic) bond motifs is 4. The average molecular weight is 471 g/mol. The molecule has 0 aromatic rings. The third-order valence-corrected chi connectivity index (χ3v) is 10.6. The molecule has 1 saturated heterocycles. The Balaban J connectivity index is 1.50. The average Bonchev–Trinajstić information content (AvgIpc) is 3.08. The molecule has 0 aromatic heterocycles. The summed E-state index contributed by atoms with van der Waals surface area (Å²) in [6.07, 6.45) is 9.17. The number of hydrogen-bond donors (Lipinski definition) is 0. The van der Waals surface area contributed by atoms with Crippen molar-refractivity contribution >= 4 is 17.5 Å². The number of esters is 1. The molecule has 4 aliphatic carbocycles. The Morgan fingerprint density at radius 2 is 1.94 bits per heavy atom. The van der Waals surface area contributed by atoms with Gasteiger partial charge in [0.2, 0.25) is 6.29 Å². The molecule has 0 radical (unpaired) electrons. The van der Waals surface area contributed by atoms with Gasteiger partial charge in [-0.15, -0.1) is 0 Å². The number of ether oxygens (including phenoxy) is 2. The fourth-order valence-corrected chi connectivity index (χ4v) is 9.09. The second kappa shape index (κ2) is 8.57. The first-order chi connectivity index (χ1) is 16.1. The molecule has 9 atom stereocenters. The summed E-state index contributed by atoms with van der Waals surface area (Å²) in [6, 6.07) is 0. The van der Waals surface area contributed by atoms with E-state index in [1.54, 1.807) is 0 Å². The smallest absolute Gasteiger partial charge is 0.304 e. The molecule has 4 fully saturated rings. The highest BCUT2D eigenvalue weighted by atomic mass is 16.7. The van der Waals surface area contributed by atoms with Crippen molar-refractivity contribution in [3.63, 3.8) is 0 Å². The Hall–Kier alpha value is -1.49. The Labute approximate surface area is 204 Å². The van der Waals surface area contributed by atoms with Crippen LogP contribution in [-0.4, -0.2) is 29.9 Å². The predicted octanol–water partition coefficient (Wildman–Crippen LogP) is 5.65. The van der Waals surface area contributed by atoms with E-state index in [-0.39, 0.29) is 41.0 Å². The lowest BCUT2D eigenvalue weighted by Gasteiger charge is -2.61. The molecular formula is C29H42O5. The number of hydrogen-bond acceptors (Lipinski definition) is 5. The van der Waals surface area contributed by atoms with Gasteiger partial charge in [0.25, 0.3) is 0 Å². The normalized spacial score (nSPS) is 45.7. The van der Waals surface area contributed by atoms with Crippen LogP contribution in [0, 0.1) is 46.3 Å². The summed E-state index contributed by atoms with van der Waals surface area (Å²) in [5.74, 6) is 2.01. The van der Waals surface area contributed by atoms with Crippen molar-refractivity contribution < 1.29 is 23.9 Å². The minimum atomic E-state index is -0.626. The highest BCUT2D eigenvalue weighted by Gasteiger charge is 2.70. The second-order valence-corrected chi connectivity index (χ2v) is 12.7. The summed E-state index contributed by atoms with van der Waals surface area (Å²) in [5, 5.41) is 0. The van der Waals surface area contributed by atoms with Gasteiger partial charge in [0.05, 0.1) is 6.10 Å². The first-order valence-corrected chi connectivity index (χ1v) is 13.7. The van der Waals surface area contributed by atoms with Crippen molar-refractivity contribution in [1.82, 2.24) is 0 Å². The maximum atomic E-state index is 13.7. The molecule has 0 bridgehead atoms. The van der Waals surface area contributed by atoms with Crippen LogP contribution in [0.5, 0.6) is 0 Å². The molecule has 0 N–H and O–H groups in total. The molecule has 1 spiro atoms. The van der Waals surface area contributed by atoms with E-state index in [0.717, 1.165) is 44.9 Å². The monoisotopic (exact) mass is 470 g/mol. The summed E-state index contributed by atoms with van der Waals surface area (Å²) in [7, 11) is 0. The van der Waals surface area contributed by atoms with Gasteiger partial charge in [0, 0.05) is 31.1 Å². The van der Waals surface area contributed by atoms with E-state index in [0.29, 0.717) is 36.4 Å². The van der Waals surface area contributed by atoms with E-state index < -0.39 is 11.7 Å². The number of allylic oxidation sites excluding steroid dienone is 1.